The summed E-state index contributed by atoms with van der Waals surface area (Å²) in [5.74, 6) is -1.91. The van der Waals surface area contributed by atoms with E-state index in [0.29, 0.717) is 12.8 Å². The maximum absolute atomic E-state index is 13.6. The van der Waals surface area contributed by atoms with Crippen LogP contribution in [0.25, 0.3) is 0 Å². The summed E-state index contributed by atoms with van der Waals surface area (Å²) in [7, 11) is 0. The van der Waals surface area contributed by atoms with Gasteiger partial charge in [0.05, 0.1) is 16.7 Å². The molecular weight excluding hydrogens is 255 g/mol. The maximum Gasteiger partial charge on any atom is 0.326 e. The first-order valence-electron chi connectivity index (χ1n) is 5.89. The summed E-state index contributed by atoms with van der Waals surface area (Å²) in [5.41, 5.74) is -0.419. The second-order valence-electron chi connectivity index (χ2n) is 4.10. The van der Waals surface area contributed by atoms with Crippen molar-refractivity contribution in [3.63, 3.8) is 0 Å². The fraction of sp³-hybridized carbons (Fsp3) is 0.417. The summed E-state index contributed by atoms with van der Waals surface area (Å²) in [5, 5.41) is 22.0. The van der Waals surface area contributed by atoms with Crippen molar-refractivity contribution >= 4 is 17.3 Å². The third kappa shape index (κ3) is 4.20. The number of nitrogens with zero attached hydrogens (tertiary/aromatic N) is 1. The molecule has 1 aromatic carbocycles. The molecule has 0 heterocycles. The second-order valence-corrected chi connectivity index (χ2v) is 4.10. The van der Waals surface area contributed by atoms with Crippen LogP contribution in [-0.2, 0) is 4.79 Å². The Hall–Kier alpha value is -2.18. The van der Waals surface area contributed by atoms with Crippen LogP contribution in [0.5, 0.6) is 0 Å². The normalized spacial score (nSPS) is 11.9. The van der Waals surface area contributed by atoms with Gasteiger partial charge in [-0.05, 0) is 12.5 Å². The molecule has 19 heavy (non-hydrogen) atoms. The minimum atomic E-state index is -1.08. The van der Waals surface area contributed by atoms with Crippen molar-refractivity contribution in [2.45, 2.75) is 32.2 Å². The Morgan fingerprint density at radius 3 is 2.74 bits per heavy atom. The van der Waals surface area contributed by atoms with E-state index in [2.05, 4.69) is 5.32 Å². The summed E-state index contributed by atoms with van der Waals surface area (Å²) in [6.45, 7) is 1.92. The van der Waals surface area contributed by atoms with Crippen LogP contribution in [0, 0.1) is 15.9 Å². The number of benzene rings is 1. The number of anilines is 1. The molecule has 1 rings (SSSR count). The minimum Gasteiger partial charge on any atom is -0.480 e. The van der Waals surface area contributed by atoms with Gasteiger partial charge in [0.15, 0.2) is 5.82 Å². The Kier molecular flexibility index (Phi) is 5.23. The number of carboxylic acid groups (broad SMARTS) is 1. The van der Waals surface area contributed by atoms with Gasteiger partial charge in [-0.25, -0.2) is 9.18 Å². The maximum atomic E-state index is 13.6. The molecule has 0 radical (unpaired) electrons. The Morgan fingerprint density at radius 2 is 2.26 bits per heavy atom. The van der Waals surface area contributed by atoms with Gasteiger partial charge in [-0.15, -0.1) is 0 Å². The summed E-state index contributed by atoms with van der Waals surface area (Å²) < 4.78 is 13.6. The lowest BCUT2D eigenvalue weighted by molar-refractivity contribution is -0.385. The van der Waals surface area contributed by atoms with E-state index in [-0.39, 0.29) is 11.4 Å². The van der Waals surface area contributed by atoms with Crippen LogP contribution < -0.4 is 5.32 Å². The number of carbonyl (C=O) groups is 1. The zero-order valence-corrected chi connectivity index (χ0v) is 10.4. The third-order valence-electron chi connectivity index (χ3n) is 2.64. The topological polar surface area (TPSA) is 92.5 Å². The van der Waals surface area contributed by atoms with Crippen LogP contribution in [0.2, 0.25) is 0 Å². The molecule has 0 bridgehead atoms. The number of halogens is 1. The smallest absolute Gasteiger partial charge is 0.326 e. The van der Waals surface area contributed by atoms with Crippen molar-refractivity contribution in [2.24, 2.45) is 0 Å². The molecule has 0 aliphatic heterocycles. The molecule has 7 heteroatoms. The molecular formula is C12H15FN2O4. The van der Waals surface area contributed by atoms with Crippen molar-refractivity contribution in [2.75, 3.05) is 5.32 Å². The first kappa shape index (κ1) is 14.9. The fourth-order valence-corrected chi connectivity index (χ4v) is 1.59. The molecule has 0 saturated carbocycles. The number of nitro benzene ring substituents is 1. The first-order chi connectivity index (χ1) is 8.95. The Labute approximate surface area is 109 Å². The SMILES string of the molecule is CCCC[C@H](Nc1ccc([N+](=O)[O-])cc1F)C(=O)O. The van der Waals surface area contributed by atoms with E-state index in [9.17, 15) is 19.3 Å². The van der Waals surface area contributed by atoms with E-state index < -0.39 is 22.8 Å². The molecule has 0 aliphatic rings. The lowest BCUT2D eigenvalue weighted by atomic mass is 10.1. The number of hydrogen-bond acceptors (Lipinski definition) is 4. The molecule has 0 aliphatic carbocycles. The minimum absolute atomic E-state index is 0.0471. The molecule has 1 aromatic rings. The zero-order chi connectivity index (χ0) is 14.4. The Bertz CT molecular complexity index is 479. The van der Waals surface area contributed by atoms with Gasteiger partial charge in [0, 0.05) is 6.07 Å². The van der Waals surface area contributed by atoms with Crippen molar-refractivity contribution in [3.05, 3.63) is 34.1 Å². The van der Waals surface area contributed by atoms with E-state index in [1.165, 1.54) is 6.07 Å². The van der Waals surface area contributed by atoms with Gasteiger partial charge < -0.3 is 10.4 Å². The number of unbranched alkanes of at least 4 members (excludes halogenated alkanes) is 1. The molecule has 0 fully saturated rings. The summed E-state index contributed by atoms with van der Waals surface area (Å²) in [6.07, 6.45) is 1.88. The standard InChI is InChI=1S/C12H15FN2O4/c1-2-3-4-11(12(16)17)14-10-6-5-8(15(18)19)7-9(10)13/h5-7,11,14H,2-4H2,1H3,(H,16,17)/t11-/m0/s1. The summed E-state index contributed by atoms with van der Waals surface area (Å²) in [4.78, 5) is 20.8. The number of non-ortho nitro benzene ring substituents is 1. The molecule has 6 nitrogen and oxygen atoms in total. The number of nitrogens with one attached hydrogen (secondary N) is 1. The van der Waals surface area contributed by atoms with Crippen molar-refractivity contribution in [3.8, 4) is 0 Å². The van der Waals surface area contributed by atoms with Crippen LogP contribution in [0.1, 0.15) is 26.2 Å². The highest BCUT2D eigenvalue weighted by Gasteiger charge is 2.19. The van der Waals surface area contributed by atoms with Crippen molar-refractivity contribution < 1.29 is 19.2 Å². The van der Waals surface area contributed by atoms with Crippen LogP contribution in [-0.4, -0.2) is 22.0 Å². The molecule has 0 aromatic heterocycles. The number of nitro groups is 1. The van der Waals surface area contributed by atoms with Crippen LogP contribution in [0.15, 0.2) is 18.2 Å². The monoisotopic (exact) mass is 270 g/mol. The summed E-state index contributed by atoms with van der Waals surface area (Å²) >= 11 is 0. The van der Waals surface area contributed by atoms with Crippen LogP contribution in [0.3, 0.4) is 0 Å². The van der Waals surface area contributed by atoms with Gasteiger partial charge in [0.2, 0.25) is 0 Å². The van der Waals surface area contributed by atoms with Gasteiger partial charge in [0.25, 0.3) is 5.69 Å². The lowest BCUT2D eigenvalue weighted by Gasteiger charge is -2.15. The molecule has 0 saturated heterocycles. The summed E-state index contributed by atoms with van der Waals surface area (Å²) in [6, 6.07) is 2.16. The molecule has 1 atom stereocenters. The molecule has 2 N–H and O–H groups in total. The molecule has 0 unspecified atom stereocenters. The highest BCUT2D eigenvalue weighted by molar-refractivity contribution is 5.77. The van der Waals surface area contributed by atoms with Gasteiger partial charge in [0.1, 0.15) is 6.04 Å². The Morgan fingerprint density at radius 1 is 1.58 bits per heavy atom. The van der Waals surface area contributed by atoms with E-state index in [4.69, 9.17) is 5.11 Å². The average molecular weight is 270 g/mol. The van der Waals surface area contributed by atoms with E-state index >= 15 is 0 Å². The van der Waals surface area contributed by atoms with Crippen LogP contribution in [0.4, 0.5) is 15.8 Å². The largest absolute Gasteiger partial charge is 0.480 e. The average Bonchev–Trinajstić information content (AvgIpc) is 2.35. The third-order valence-corrected chi connectivity index (χ3v) is 2.64. The fourth-order valence-electron chi connectivity index (χ4n) is 1.59. The van der Waals surface area contributed by atoms with Gasteiger partial charge in [-0.1, -0.05) is 19.8 Å². The quantitative estimate of drug-likeness (QED) is 0.587. The highest BCUT2D eigenvalue weighted by Crippen LogP contribution is 2.22. The van der Waals surface area contributed by atoms with E-state index in [0.717, 1.165) is 18.6 Å². The number of rotatable bonds is 7. The van der Waals surface area contributed by atoms with Gasteiger partial charge >= 0.3 is 5.97 Å². The number of aliphatic carboxylic acids is 1. The molecule has 0 amide bonds. The van der Waals surface area contributed by atoms with Gasteiger partial charge in [-0.2, -0.15) is 0 Å². The lowest BCUT2D eigenvalue weighted by Crippen LogP contribution is -2.29. The predicted octanol–water partition coefficient (Wildman–Crippen LogP) is 2.79. The number of carboxylic acids is 1. The van der Waals surface area contributed by atoms with Gasteiger partial charge in [-0.3, -0.25) is 10.1 Å². The van der Waals surface area contributed by atoms with E-state index in [1.807, 2.05) is 6.92 Å². The highest BCUT2D eigenvalue weighted by atomic mass is 19.1. The van der Waals surface area contributed by atoms with Crippen molar-refractivity contribution in [1.82, 2.24) is 0 Å². The number of hydrogen-bond donors (Lipinski definition) is 2. The zero-order valence-electron chi connectivity index (χ0n) is 10.4. The molecule has 104 valence electrons. The second kappa shape index (κ2) is 6.67. The Balaban J connectivity index is 2.84. The first-order valence-corrected chi connectivity index (χ1v) is 5.89. The van der Waals surface area contributed by atoms with Crippen LogP contribution >= 0.6 is 0 Å². The predicted molar refractivity (Wildman–Crippen MR) is 67.6 cm³/mol. The van der Waals surface area contributed by atoms with Crippen molar-refractivity contribution in [1.29, 1.82) is 0 Å². The van der Waals surface area contributed by atoms with E-state index in [1.54, 1.807) is 0 Å². The molecule has 0 spiro atoms.